The summed E-state index contributed by atoms with van der Waals surface area (Å²) in [5.74, 6) is 0.0828. The van der Waals surface area contributed by atoms with E-state index in [1.807, 2.05) is 0 Å². The van der Waals surface area contributed by atoms with Crippen molar-refractivity contribution in [2.75, 3.05) is 0 Å². The highest BCUT2D eigenvalue weighted by molar-refractivity contribution is 5.86. The number of esters is 1. The molecule has 3 aromatic heterocycles. The Hall–Kier alpha value is -3.16. The van der Waals surface area contributed by atoms with Crippen LogP contribution >= 0.6 is 0 Å². The molecule has 0 bridgehead atoms. The Morgan fingerprint density at radius 1 is 1.36 bits per heavy atom. The van der Waals surface area contributed by atoms with Gasteiger partial charge in [-0.3, -0.25) is 4.68 Å². The second-order valence-corrected chi connectivity index (χ2v) is 4.41. The number of hydrogen-bond acceptors (Lipinski definition) is 6. The zero-order valence-electron chi connectivity index (χ0n) is 11.5. The Morgan fingerprint density at radius 3 is 3.05 bits per heavy atom. The topological polar surface area (TPSA) is 97.1 Å². The van der Waals surface area contributed by atoms with Crippen molar-refractivity contribution in [1.29, 1.82) is 0 Å². The summed E-state index contributed by atoms with van der Waals surface area (Å²) in [7, 11) is 0. The van der Waals surface area contributed by atoms with E-state index in [1.54, 1.807) is 29.2 Å². The molecule has 112 valence electrons. The number of furan rings is 1. The van der Waals surface area contributed by atoms with Crippen LogP contribution in [0.4, 0.5) is 0 Å². The van der Waals surface area contributed by atoms with E-state index in [9.17, 15) is 10.0 Å². The summed E-state index contributed by atoms with van der Waals surface area (Å²) in [5.41, 5.74) is 0. The van der Waals surface area contributed by atoms with Crippen LogP contribution in [0.2, 0.25) is 0 Å². The molecule has 0 radical (unpaired) electrons. The minimum absolute atomic E-state index is 0.0653. The summed E-state index contributed by atoms with van der Waals surface area (Å²) in [6, 6.07) is 6.48. The van der Waals surface area contributed by atoms with Crippen LogP contribution in [-0.2, 0) is 17.9 Å². The van der Waals surface area contributed by atoms with Crippen molar-refractivity contribution in [2.24, 2.45) is 0 Å². The second-order valence-electron chi connectivity index (χ2n) is 4.41. The molecule has 3 aromatic rings. The lowest BCUT2D eigenvalue weighted by atomic mass is 10.4. The number of nitrogens with zero attached hydrogens (tertiary/aromatic N) is 4. The maximum Gasteiger partial charge on any atom is 0.374 e. The third kappa shape index (κ3) is 3.11. The third-order valence-corrected chi connectivity index (χ3v) is 2.86. The molecule has 0 atom stereocenters. The third-order valence-electron chi connectivity index (χ3n) is 2.86. The largest absolute Gasteiger partial charge is 0.711 e. The van der Waals surface area contributed by atoms with Gasteiger partial charge in [0.05, 0.1) is 12.7 Å². The molecule has 0 aliphatic heterocycles. The molecule has 8 nitrogen and oxygen atoms in total. The van der Waals surface area contributed by atoms with Gasteiger partial charge in [0.25, 0.3) is 0 Å². The van der Waals surface area contributed by atoms with Gasteiger partial charge < -0.3 is 14.4 Å². The molecule has 0 amide bonds. The average molecular weight is 300 g/mol. The summed E-state index contributed by atoms with van der Waals surface area (Å²) in [4.78, 5) is 15.7. The lowest BCUT2D eigenvalue weighted by Crippen LogP contribution is -2.33. The van der Waals surface area contributed by atoms with Crippen molar-refractivity contribution in [3.8, 4) is 0 Å². The lowest BCUT2D eigenvalue weighted by Gasteiger charge is -2.04. The van der Waals surface area contributed by atoms with E-state index in [2.05, 4.69) is 10.1 Å². The number of carbonyl (C=O) groups is 1. The summed E-state index contributed by atoms with van der Waals surface area (Å²) in [5, 5.41) is 15.4. The molecule has 0 aromatic carbocycles. The summed E-state index contributed by atoms with van der Waals surface area (Å²) < 4.78 is 12.6. The molecular weight excluding hydrogens is 288 g/mol. The predicted molar refractivity (Wildman–Crippen MR) is 72.4 cm³/mol. The van der Waals surface area contributed by atoms with Crippen molar-refractivity contribution in [3.05, 3.63) is 71.6 Å². The summed E-state index contributed by atoms with van der Waals surface area (Å²) in [6.07, 6.45) is 6.18. The van der Waals surface area contributed by atoms with E-state index < -0.39 is 5.97 Å². The van der Waals surface area contributed by atoms with Gasteiger partial charge in [-0.05, 0) is 23.2 Å². The molecule has 8 heteroatoms. The van der Waals surface area contributed by atoms with Gasteiger partial charge in [-0.1, -0.05) is 0 Å². The van der Waals surface area contributed by atoms with Crippen molar-refractivity contribution >= 4 is 5.97 Å². The molecule has 0 fully saturated rings. The molecule has 0 aliphatic carbocycles. The fourth-order valence-electron chi connectivity index (χ4n) is 1.82. The van der Waals surface area contributed by atoms with E-state index in [0.29, 0.717) is 17.0 Å². The molecule has 0 spiro atoms. The van der Waals surface area contributed by atoms with Crippen LogP contribution in [0.25, 0.3) is 0 Å². The summed E-state index contributed by atoms with van der Waals surface area (Å²) >= 11 is 0. The van der Waals surface area contributed by atoms with Gasteiger partial charge in [0.1, 0.15) is 12.0 Å². The highest BCUT2D eigenvalue weighted by atomic mass is 16.5. The number of aromatic nitrogens is 4. The second kappa shape index (κ2) is 6.08. The Kier molecular flexibility index (Phi) is 3.82. The average Bonchev–Trinajstić information content (AvgIpc) is 3.18. The normalized spacial score (nSPS) is 10.5. The van der Waals surface area contributed by atoms with Gasteiger partial charge in [-0.15, -0.1) is 0 Å². The van der Waals surface area contributed by atoms with Crippen LogP contribution in [-0.4, -0.2) is 20.7 Å². The van der Waals surface area contributed by atoms with E-state index in [4.69, 9.17) is 9.15 Å². The van der Waals surface area contributed by atoms with Gasteiger partial charge in [0, 0.05) is 18.5 Å². The van der Waals surface area contributed by atoms with E-state index in [-0.39, 0.29) is 18.2 Å². The highest BCUT2D eigenvalue weighted by Crippen LogP contribution is 2.11. The van der Waals surface area contributed by atoms with Crippen LogP contribution in [0, 0.1) is 5.21 Å². The zero-order chi connectivity index (χ0) is 15.4. The van der Waals surface area contributed by atoms with Gasteiger partial charge in [-0.2, -0.15) is 5.10 Å². The molecule has 22 heavy (non-hydrogen) atoms. The van der Waals surface area contributed by atoms with E-state index in [0.717, 1.165) is 0 Å². The SMILES string of the molecule is O=C(OCc1nccc[n+]1[O-])c1ccc(Cn2cccn2)o1. The van der Waals surface area contributed by atoms with Gasteiger partial charge in [-0.25, -0.2) is 9.52 Å². The molecule has 0 saturated carbocycles. The van der Waals surface area contributed by atoms with Crippen LogP contribution in [0.15, 0.2) is 53.5 Å². The highest BCUT2D eigenvalue weighted by Gasteiger charge is 2.16. The Bertz CT molecular complexity index is 767. The van der Waals surface area contributed by atoms with E-state index >= 15 is 0 Å². The van der Waals surface area contributed by atoms with Crippen LogP contribution in [0.3, 0.4) is 0 Å². The molecule has 3 rings (SSSR count). The fourth-order valence-corrected chi connectivity index (χ4v) is 1.82. The first-order chi connectivity index (χ1) is 10.7. The lowest BCUT2D eigenvalue weighted by molar-refractivity contribution is -0.620. The summed E-state index contributed by atoms with van der Waals surface area (Å²) in [6.45, 7) is 0.194. The van der Waals surface area contributed by atoms with Crippen molar-refractivity contribution in [2.45, 2.75) is 13.2 Å². The van der Waals surface area contributed by atoms with E-state index in [1.165, 1.54) is 24.5 Å². The van der Waals surface area contributed by atoms with Gasteiger partial charge in [0.15, 0.2) is 6.61 Å². The Labute approximate surface area is 125 Å². The van der Waals surface area contributed by atoms with Gasteiger partial charge in [0.2, 0.25) is 5.76 Å². The van der Waals surface area contributed by atoms with Crippen molar-refractivity contribution in [1.82, 2.24) is 14.8 Å². The quantitative estimate of drug-likeness (QED) is 0.394. The standard InChI is InChI=1S/C14H12N4O4/c19-14(21-10-13-15-5-1-8-18(13)20)12-4-3-11(22-12)9-17-7-2-6-16-17/h1-8H,9-10H2. The monoisotopic (exact) mass is 300 g/mol. The first-order valence-corrected chi connectivity index (χ1v) is 6.49. The molecule has 0 unspecified atom stereocenters. The Balaban J connectivity index is 1.61. The predicted octanol–water partition coefficient (Wildman–Crippen LogP) is 0.910. The number of rotatable bonds is 5. The molecule has 0 saturated heterocycles. The van der Waals surface area contributed by atoms with Crippen molar-refractivity contribution in [3.63, 3.8) is 0 Å². The zero-order valence-corrected chi connectivity index (χ0v) is 11.5. The number of ether oxygens (including phenoxy) is 1. The molecule has 3 heterocycles. The minimum atomic E-state index is -0.655. The molecular formula is C14H12N4O4. The fraction of sp³-hybridized carbons (Fsp3) is 0.143. The maximum absolute atomic E-state index is 11.9. The maximum atomic E-state index is 11.9. The first kappa shape index (κ1) is 13.8. The number of carbonyl (C=O) groups excluding carboxylic acids is 1. The van der Waals surface area contributed by atoms with Crippen LogP contribution in [0.1, 0.15) is 22.1 Å². The minimum Gasteiger partial charge on any atom is -0.711 e. The molecule has 0 N–H and O–H groups in total. The van der Waals surface area contributed by atoms with Gasteiger partial charge >= 0.3 is 11.8 Å². The Morgan fingerprint density at radius 2 is 2.27 bits per heavy atom. The van der Waals surface area contributed by atoms with Crippen molar-refractivity contribution < 1.29 is 18.7 Å². The smallest absolute Gasteiger partial charge is 0.374 e. The van der Waals surface area contributed by atoms with Crippen LogP contribution in [0.5, 0.6) is 0 Å². The van der Waals surface area contributed by atoms with Crippen LogP contribution < -0.4 is 4.73 Å². The molecule has 0 aliphatic rings. The number of hydrogen-bond donors (Lipinski definition) is 0. The first-order valence-electron chi connectivity index (χ1n) is 6.49.